The molecule has 50 heavy (non-hydrogen) atoms. The summed E-state index contributed by atoms with van der Waals surface area (Å²) in [6.07, 6.45) is 18.5. The Labute approximate surface area is 304 Å². The van der Waals surface area contributed by atoms with Crippen LogP contribution in [0.25, 0.3) is 0 Å². The van der Waals surface area contributed by atoms with Gasteiger partial charge < -0.3 is 21.7 Å². The van der Waals surface area contributed by atoms with Crippen LogP contribution in [0.3, 0.4) is 0 Å². The molecule has 0 bridgehead atoms. The summed E-state index contributed by atoms with van der Waals surface area (Å²) in [5.74, 6) is -2.45. The number of nitrogens with one attached hydrogen (secondary N) is 3. The monoisotopic (exact) mass is 707 g/mol. The van der Waals surface area contributed by atoms with Gasteiger partial charge >= 0.3 is 0 Å². The lowest BCUT2D eigenvalue weighted by Gasteiger charge is -2.25. The number of hydrogen-bond donors (Lipinski definition) is 4. The molecule has 0 aliphatic rings. The van der Waals surface area contributed by atoms with Crippen molar-refractivity contribution in [3.05, 3.63) is 0 Å². The third kappa shape index (κ3) is 23.7. The summed E-state index contributed by atoms with van der Waals surface area (Å²) >= 11 is 0. The van der Waals surface area contributed by atoms with Gasteiger partial charge in [-0.1, -0.05) is 119 Å². The van der Waals surface area contributed by atoms with Gasteiger partial charge in [0.1, 0.15) is 0 Å². The molecule has 0 aromatic carbocycles. The Balaban J connectivity index is 4.60. The van der Waals surface area contributed by atoms with Crippen LogP contribution >= 0.6 is 0 Å². The predicted molar refractivity (Wildman–Crippen MR) is 202 cm³/mol. The molecule has 3 amide bonds. The van der Waals surface area contributed by atoms with Crippen LogP contribution in [0.1, 0.15) is 176 Å². The van der Waals surface area contributed by atoms with Gasteiger partial charge in [-0.15, -0.1) is 0 Å². The second-order valence-electron chi connectivity index (χ2n) is 14.8. The summed E-state index contributed by atoms with van der Waals surface area (Å²) in [5, 5.41) is 8.30. The van der Waals surface area contributed by atoms with E-state index in [2.05, 4.69) is 22.9 Å². The number of amides is 3. The van der Waals surface area contributed by atoms with Gasteiger partial charge in [-0.25, -0.2) is 0 Å². The third-order valence-electron chi connectivity index (χ3n) is 9.51. The standard InChI is InChI=1S/C40H74N4O6/c1-7-9-10-11-12-13-14-15-16-17-18-19-20-24-37(48)44-39(31(5)6)36(47)28-33(30(3)4)40(50)42-29-32(45)25-26-38(49)43-34(35(46)8-2)23-21-22-27-41/h30-31,33-34,39H,7-29,41H2,1-6H3,(H,42,50)(H,43,49)(H,44,48)/t33-,34-,39-/m0/s1. The van der Waals surface area contributed by atoms with Gasteiger partial charge in [0.2, 0.25) is 17.7 Å². The van der Waals surface area contributed by atoms with Crippen LogP contribution in [0.2, 0.25) is 0 Å². The van der Waals surface area contributed by atoms with E-state index < -0.39 is 23.9 Å². The molecule has 10 nitrogen and oxygen atoms in total. The number of hydrogen-bond acceptors (Lipinski definition) is 7. The molecule has 0 unspecified atom stereocenters. The summed E-state index contributed by atoms with van der Waals surface area (Å²) in [6.45, 7) is 11.7. The average molecular weight is 707 g/mol. The van der Waals surface area contributed by atoms with E-state index in [9.17, 15) is 28.8 Å². The van der Waals surface area contributed by atoms with E-state index in [0.29, 0.717) is 25.8 Å². The molecule has 0 radical (unpaired) electrons. The molecule has 3 atom stereocenters. The van der Waals surface area contributed by atoms with Crippen molar-refractivity contribution in [3.63, 3.8) is 0 Å². The Morgan fingerprint density at radius 1 is 0.580 bits per heavy atom. The lowest BCUT2D eigenvalue weighted by Crippen LogP contribution is -2.46. The lowest BCUT2D eigenvalue weighted by molar-refractivity contribution is -0.134. The number of rotatable bonds is 33. The van der Waals surface area contributed by atoms with Crippen LogP contribution < -0.4 is 21.7 Å². The molecule has 0 aliphatic heterocycles. The fraction of sp³-hybridized carbons (Fsp3) is 0.850. The molecule has 5 N–H and O–H groups in total. The summed E-state index contributed by atoms with van der Waals surface area (Å²) in [6, 6.07) is -1.27. The van der Waals surface area contributed by atoms with Crippen LogP contribution in [0.5, 0.6) is 0 Å². The minimum Gasteiger partial charge on any atom is -0.349 e. The fourth-order valence-corrected chi connectivity index (χ4v) is 6.12. The van der Waals surface area contributed by atoms with Gasteiger partial charge in [-0.2, -0.15) is 0 Å². The van der Waals surface area contributed by atoms with Crippen molar-refractivity contribution in [3.8, 4) is 0 Å². The molecule has 0 aliphatic carbocycles. The van der Waals surface area contributed by atoms with E-state index >= 15 is 0 Å². The van der Waals surface area contributed by atoms with Crippen LogP contribution in [0.15, 0.2) is 0 Å². The molecule has 0 fully saturated rings. The maximum atomic E-state index is 13.3. The molecule has 290 valence electrons. The molecule has 0 spiro atoms. The Kier molecular flexibility index (Phi) is 28.5. The smallest absolute Gasteiger partial charge is 0.224 e. The third-order valence-corrected chi connectivity index (χ3v) is 9.51. The average Bonchev–Trinajstić information content (AvgIpc) is 3.08. The second-order valence-corrected chi connectivity index (χ2v) is 14.8. The summed E-state index contributed by atoms with van der Waals surface area (Å²) in [7, 11) is 0. The summed E-state index contributed by atoms with van der Waals surface area (Å²) < 4.78 is 0. The van der Waals surface area contributed by atoms with Crippen molar-refractivity contribution in [1.82, 2.24) is 16.0 Å². The summed E-state index contributed by atoms with van der Waals surface area (Å²) in [4.78, 5) is 76.3. The Morgan fingerprint density at radius 3 is 1.62 bits per heavy atom. The molecule has 0 aromatic heterocycles. The zero-order valence-corrected chi connectivity index (χ0v) is 32.7. The number of unbranched alkanes of at least 4 members (excludes halogenated alkanes) is 13. The van der Waals surface area contributed by atoms with E-state index in [1.165, 1.54) is 64.2 Å². The zero-order valence-electron chi connectivity index (χ0n) is 32.7. The van der Waals surface area contributed by atoms with Crippen molar-refractivity contribution in [2.45, 2.75) is 188 Å². The van der Waals surface area contributed by atoms with Crippen LogP contribution in [0.4, 0.5) is 0 Å². The highest BCUT2D eigenvalue weighted by Crippen LogP contribution is 2.19. The lowest BCUT2D eigenvalue weighted by atomic mass is 9.85. The second kappa shape index (κ2) is 30.0. The highest BCUT2D eigenvalue weighted by Gasteiger charge is 2.31. The minimum atomic E-state index is -0.683. The quantitative estimate of drug-likeness (QED) is 0.0539. The van der Waals surface area contributed by atoms with Gasteiger partial charge in [0.25, 0.3) is 0 Å². The molecule has 0 saturated heterocycles. The fourth-order valence-electron chi connectivity index (χ4n) is 6.12. The van der Waals surface area contributed by atoms with E-state index in [4.69, 9.17) is 5.73 Å². The number of carbonyl (C=O) groups is 6. The molecular weight excluding hydrogens is 632 g/mol. The van der Waals surface area contributed by atoms with Crippen LogP contribution in [0, 0.1) is 17.8 Å². The SMILES string of the molecule is CCCCCCCCCCCCCCCC(=O)N[C@H](C(=O)C[C@H](C(=O)NCC(=O)CCC(=O)N[C@@H](CCCCN)C(=O)CC)C(C)C)C(C)C. The molecule has 10 heteroatoms. The number of ketones is 3. The number of carbonyl (C=O) groups excluding carboxylic acids is 6. The van der Waals surface area contributed by atoms with E-state index in [-0.39, 0.29) is 66.8 Å². The largest absolute Gasteiger partial charge is 0.349 e. The minimum absolute atomic E-state index is 0.0427. The van der Waals surface area contributed by atoms with Crippen molar-refractivity contribution in [2.24, 2.45) is 23.5 Å². The molecule has 0 rings (SSSR count). The van der Waals surface area contributed by atoms with Gasteiger partial charge in [0, 0.05) is 38.0 Å². The first-order valence-electron chi connectivity index (χ1n) is 20.0. The van der Waals surface area contributed by atoms with E-state index in [0.717, 1.165) is 32.1 Å². The topological polar surface area (TPSA) is 165 Å². The first-order valence-corrected chi connectivity index (χ1v) is 20.0. The number of Topliss-reactive ketones (excluding diaryl/α,β-unsaturated/α-hetero) is 3. The van der Waals surface area contributed by atoms with Crippen LogP contribution in [-0.2, 0) is 28.8 Å². The molecule has 0 saturated carbocycles. The highest BCUT2D eigenvalue weighted by atomic mass is 16.2. The maximum absolute atomic E-state index is 13.3. The highest BCUT2D eigenvalue weighted by molar-refractivity contribution is 5.94. The molecule has 0 aromatic rings. The van der Waals surface area contributed by atoms with Crippen molar-refractivity contribution in [1.29, 1.82) is 0 Å². The normalized spacial score (nSPS) is 13.1. The van der Waals surface area contributed by atoms with E-state index in [1.807, 2.05) is 27.7 Å². The van der Waals surface area contributed by atoms with Crippen molar-refractivity contribution < 1.29 is 28.8 Å². The first kappa shape index (κ1) is 47.4. The van der Waals surface area contributed by atoms with Gasteiger partial charge in [-0.05, 0) is 44.1 Å². The summed E-state index contributed by atoms with van der Waals surface area (Å²) in [5.41, 5.74) is 5.53. The van der Waals surface area contributed by atoms with E-state index in [1.54, 1.807) is 6.92 Å². The maximum Gasteiger partial charge on any atom is 0.224 e. The Bertz CT molecular complexity index is 983. The Morgan fingerprint density at radius 2 is 1.12 bits per heavy atom. The van der Waals surface area contributed by atoms with Gasteiger partial charge in [0.15, 0.2) is 17.3 Å². The van der Waals surface area contributed by atoms with Gasteiger partial charge in [-0.3, -0.25) is 28.8 Å². The predicted octanol–water partition coefficient (Wildman–Crippen LogP) is 6.90. The zero-order chi connectivity index (χ0) is 37.7. The van der Waals surface area contributed by atoms with Crippen molar-refractivity contribution >= 4 is 35.1 Å². The van der Waals surface area contributed by atoms with Gasteiger partial charge in [0.05, 0.1) is 18.6 Å². The first-order chi connectivity index (χ1) is 23.9. The van der Waals surface area contributed by atoms with Crippen molar-refractivity contribution in [2.75, 3.05) is 13.1 Å². The number of nitrogens with two attached hydrogens (primary N) is 1. The molecule has 0 heterocycles. The molecular formula is C40H74N4O6. The van der Waals surface area contributed by atoms with Crippen LogP contribution in [-0.4, -0.2) is 60.2 Å². The Hall–Kier alpha value is -2.62.